The highest BCUT2D eigenvalue weighted by molar-refractivity contribution is 7.03. The molecule has 0 saturated heterocycles. The van der Waals surface area contributed by atoms with E-state index in [0.29, 0.717) is 5.82 Å². The molecule has 0 aliphatic heterocycles. The maximum atomic E-state index is 11.5. The second-order valence-electron chi connectivity index (χ2n) is 3.26. The Kier molecular flexibility index (Phi) is 3.22. The van der Waals surface area contributed by atoms with Crippen LogP contribution in [-0.2, 0) is 4.79 Å². The SMILES string of the molecule is CC(C)(CCl)C(=O)Nc1csnn1. The Hall–Kier alpha value is -0.680. The van der Waals surface area contributed by atoms with Gasteiger partial charge in [-0.25, -0.2) is 0 Å². The number of nitrogens with one attached hydrogen (secondary N) is 1. The quantitative estimate of drug-likeness (QED) is 0.788. The maximum absolute atomic E-state index is 11.5. The third-order valence-corrected chi connectivity index (χ3v) is 2.72. The van der Waals surface area contributed by atoms with Crippen molar-refractivity contribution in [1.82, 2.24) is 9.59 Å². The Morgan fingerprint density at radius 1 is 1.77 bits per heavy atom. The number of anilines is 1. The van der Waals surface area contributed by atoms with Crippen molar-refractivity contribution in [1.29, 1.82) is 0 Å². The summed E-state index contributed by atoms with van der Waals surface area (Å²) in [5.41, 5.74) is -0.578. The Balaban J connectivity index is 2.61. The molecule has 0 aliphatic carbocycles. The molecule has 0 saturated carbocycles. The van der Waals surface area contributed by atoms with Gasteiger partial charge in [0.05, 0.1) is 10.8 Å². The van der Waals surface area contributed by atoms with Gasteiger partial charge in [-0.1, -0.05) is 4.49 Å². The molecule has 1 aromatic heterocycles. The summed E-state index contributed by atoms with van der Waals surface area (Å²) in [6, 6.07) is 0. The zero-order valence-electron chi connectivity index (χ0n) is 7.37. The molecule has 1 amide bonds. The maximum Gasteiger partial charge on any atom is 0.232 e. The molecule has 0 atom stereocenters. The van der Waals surface area contributed by atoms with Crippen molar-refractivity contribution in [2.75, 3.05) is 11.2 Å². The average Bonchev–Trinajstić information content (AvgIpc) is 2.57. The minimum absolute atomic E-state index is 0.143. The van der Waals surface area contributed by atoms with E-state index in [9.17, 15) is 4.79 Å². The van der Waals surface area contributed by atoms with Crippen LogP contribution in [0.25, 0.3) is 0 Å². The van der Waals surface area contributed by atoms with Gasteiger partial charge in [-0.15, -0.1) is 16.7 Å². The Labute approximate surface area is 85.5 Å². The zero-order chi connectivity index (χ0) is 9.90. The molecule has 1 N–H and O–H groups in total. The Morgan fingerprint density at radius 2 is 2.46 bits per heavy atom. The number of hydrogen-bond acceptors (Lipinski definition) is 4. The fraction of sp³-hybridized carbons (Fsp3) is 0.571. The summed E-state index contributed by atoms with van der Waals surface area (Å²) in [6.07, 6.45) is 0. The van der Waals surface area contributed by atoms with E-state index in [2.05, 4.69) is 14.9 Å². The van der Waals surface area contributed by atoms with Crippen LogP contribution in [0.15, 0.2) is 5.38 Å². The van der Waals surface area contributed by atoms with E-state index in [1.807, 2.05) is 0 Å². The van der Waals surface area contributed by atoms with Gasteiger partial charge in [0.25, 0.3) is 0 Å². The molecule has 1 aromatic rings. The summed E-state index contributed by atoms with van der Waals surface area (Å²) in [5, 5.41) is 7.99. The van der Waals surface area contributed by atoms with Crippen LogP contribution >= 0.6 is 23.1 Å². The number of carbonyl (C=O) groups is 1. The number of carbonyl (C=O) groups excluding carboxylic acids is 1. The monoisotopic (exact) mass is 219 g/mol. The van der Waals surface area contributed by atoms with Crippen molar-refractivity contribution in [3.63, 3.8) is 0 Å². The van der Waals surface area contributed by atoms with Crippen molar-refractivity contribution < 1.29 is 4.79 Å². The van der Waals surface area contributed by atoms with Crippen LogP contribution in [0.5, 0.6) is 0 Å². The van der Waals surface area contributed by atoms with Crippen LogP contribution in [0.2, 0.25) is 0 Å². The number of rotatable bonds is 3. The molecule has 0 fully saturated rings. The molecule has 72 valence electrons. The topological polar surface area (TPSA) is 54.9 Å². The molecular weight excluding hydrogens is 210 g/mol. The summed E-state index contributed by atoms with van der Waals surface area (Å²) in [7, 11) is 0. The Bertz CT molecular complexity index is 286. The van der Waals surface area contributed by atoms with Crippen molar-refractivity contribution in [3.8, 4) is 0 Å². The van der Waals surface area contributed by atoms with E-state index >= 15 is 0 Å². The van der Waals surface area contributed by atoms with E-state index in [-0.39, 0.29) is 11.8 Å². The van der Waals surface area contributed by atoms with Gasteiger partial charge in [0.15, 0.2) is 5.82 Å². The summed E-state index contributed by atoms with van der Waals surface area (Å²) in [5.74, 6) is 0.611. The number of alkyl halides is 1. The summed E-state index contributed by atoms with van der Waals surface area (Å²) in [4.78, 5) is 11.5. The zero-order valence-corrected chi connectivity index (χ0v) is 8.95. The first-order valence-electron chi connectivity index (χ1n) is 3.71. The summed E-state index contributed by atoms with van der Waals surface area (Å²) >= 11 is 6.82. The molecule has 4 nitrogen and oxygen atoms in total. The lowest BCUT2D eigenvalue weighted by Crippen LogP contribution is -2.32. The van der Waals surface area contributed by atoms with E-state index < -0.39 is 5.41 Å². The minimum Gasteiger partial charge on any atom is -0.308 e. The van der Waals surface area contributed by atoms with Gasteiger partial charge in [0.2, 0.25) is 5.91 Å². The fourth-order valence-electron chi connectivity index (χ4n) is 0.565. The largest absolute Gasteiger partial charge is 0.308 e. The van der Waals surface area contributed by atoms with E-state index in [1.54, 1.807) is 19.2 Å². The molecule has 1 heterocycles. The van der Waals surface area contributed by atoms with Crippen molar-refractivity contribution in [2.45, 2.75) is 13.8 Å². The predicted octanol–water partition coefficient (Wildman–Crippen LogP) is 1.74. The van der Waals surface area contributed by atoms with Gasteiger partial charge in [-0.2, -0.15) is 0 Å². The second-order valence-corrected chi connectivity index (χ2v) is 4.14. The molecule has 0 radical (unpaired) electrons. The molecule has 0 bridgehead atoms. The second kappa shape index (κ2) is 4.02. The first-order valence-corrected chi connectivity index (χ1v) is 5.08. The number of aromatic nitrogens is 2. The molecule has 0 aliphatic rings. The van der Waals surface area contributed by atoms with Gasteiger partial charge >= 0.3 is 0 Å². The standard InChI is InChI=1S/C7H10ClN3OS/c1-7(2,4-8)6(12)9-5-3-13-11-10-5/h3H,4H2,1-2H3,(H,9,12). The van der Waals surface area contributed by atoms with E-state index in [4.69, 9.17) is 11.6 Å². The first-order chi connectivity index (χ1) is 6.06. The van der Waals surface area contributed by atoms with Crippen LogP contribution in [0.1, 0.15) is 13.8 Å². The van der Waals surface area contributed by atoms with Gasteiger partial charge in [0.1, 0.15) is 0 Å². The van der Waals surface area contributed by atoms with Crippen LogP contribution < -0.4 is 5.32 Å². The lowest BCUT2D eigenvalue weighted by molar-refractivity contribution is -0.123. The molecule has 0 spiro atoms. The normalized spacial score (nSPS) is 11.3. The number of amides is 1. The first kappa shape index (κ1) is 10.4. The van der Waals surface area contributed by atoms with Gasteiger partial charge in [-0.05, 0) is 25.4 Å². The van der Waals surface area contributed by atoms with Crippen molar-refractivity contribution in [3.05, 3.63) is 5.38 Å². The molecule has 13 heavy (non-hydrogen) atoms. The van der Waals surface area contributed by atoms with Gasteiger partial charge in [0, 0.05) is 5.88 Å². The van der Waals surface area contributed by atoms with Crippen LogP contribution in [-0.4, -0.2) is 21.4 Å². The molecule has 1 rings (SSSR count). The Morgan fingerprint density at radius 3 is 2.92 bits per heavy atom. The average molecular weight is 220 g/mol. The van der Waals surface area contributed by atoms with Gasteiger partial charge < -0.3 is 5.32 Å². The predicted molar refractivity (Wildman–Crippen MR) is 53.0 cm³/mol. The molecular formula is C7H10ClN3OS. The van der Waals surface area contributed by atoms with Gasteiger partial charge in [-0.3, -0.25) is 4.79 Å². The lowest BCUT2D eigenvalue weighted by Gasteiger charge is -2.18. The summed E-state index contributed by atoms with van der Waals surface area (Å²) < 4.78 is 3.63. The summed E-state index contributed by atoms with van der Waals surface area (Å²) in [6.45, 7) is 3.55. The number of nitrogens with zero attached hydrogens (tertiary/aromatic N) is 2. The molecule has 0 unspecified atom stereocenters. The van der Waals surface area contributed by atoms with Crippen molar-refractivity contribution >= 4 is 34.9 Å². The third kappa shape index (κ3) is 2.63. The number of halogens is 1. The van der Waals surface area contributed by atoms with E-state index in [0.717, 1.165) is 0 Å². The smallest absolute Gasteiger partial charge is 0.232 e. The van der Waals surface area contributed by atoms with Crippen molar-refractivity contribution in [2.24, 2.45) is 5.41 Å². The van der Waals surface area contributed by atoms with E-state index in [1.165, 1.54) is 11.5 Å². The highest BCUT2D eigenvalue weighted by Crippen LogP contribution is 2.19. The highest BCUT2D eigenvalue weighted by atomic mass is 35.5. The lowest BCUT2D eigenvalue weighted by atomic mass is 9.95. The molecule has 6 heteroatoms. The third-order valence-electron chi connectivity index (χ3n) is 1.55. The number of hydrogen-bond donors (Lipinski definition) is 1. The highest BCUT2D eigenvalue weighted by Gasteiger charge is 2.26. The fourth-order valence-corrected chi connectivity index (χ4v) is 1.07. The van der Waals surface area contributed by atoms with Crippen LogP contribution in [0, 0.1) is 5.41 Å². The molecule has 0 aromatic carbocycles. The minimum atomic E-state index is -0.578. The van der Waals surface area contributed by atoms with Crippen LogP contribution in [0.4, 0.5) is 5.82 Å². The van der Waals surface area contributed by atoms with Crippen LogP contribution in [0.3, 0.4) is 0 Å².